The maximum absolute atomic E-state index is 13.2. The molecule has 0 radical (unpaired) electrons. The lowest BCUT2D eigenvalue weighted by atomic mass is 9.88. The molecule has 26 heavy (non-hydrogen) atoms. The van der Waals surface area contributed by atoms with E-state index in [1.165, 1.54) is 0 Å². The number of piperidine rings is 1. The predicted octanol–water partition coefficient (Wildman–Crippen LogP) is 1.65. The Kier molecular flexibility index (Phi) is 7.87. The van der Waals surface area contributed by atoms with Gasteiger partial charge in [0.2, 0.25) is 0 Å². The summed E-state index contributed by atoms with van der Waals surface area (Å²) in [5, 5.41) is 9.71. The fraction of sp³-hybridized carbons (Fsp3) is 0.650. The fourth-order valence-corrected chi connectivity index (χ4v) is 3.77. The Morgan fingerprint density at radius 3 is 2.69 bits per heavy atom. The van der Waals surface area contributed by atoms with Crippen molar-refractivity contribution in [2.24, 2.45) is 11.8 Å². The zero-order valence-electron chi connectivity index (χ0n) is 16.4. The van der Waals surface area contributed by atoms with E-state index in [1.54, 1.807) is 14.2 Å². The molecule has 1 aliphatic rings. The normalized spacial score (nSPS) is 20.5. The van der Waals surface area contributed by atoms with Crippen LogP contribution in [0.3, 0.4) is 0 Å². The average molecular weight is 364 g/mol. The van der Waals surface area contributed by atoms with Crippen LogP contribution in [0.2, 0.25) is 0 Å². The molecule has 6 heteroatoms. The van der Waals surface area contributed by atoms with E-state index in [9.17, 15) is 9.90 Å². The topological polar surface area (TPSA) is 62.2 Å². The largest absolute Gasteiger partial charge is 0.496 e. The molecule has 1 saturated heterocycles. The number of aliphatic hydroxyl groups is 1. The summed E-state index contributed by atoms with van der Waals surface area (Å²) in [4.78, 5) is 17.3. The lowest BCUT2D eigenvalue weighted by Crippen LogP contribution is -2.48. The number of carbonyl (C=O) groups is 1. The standard InChI is InChI=1S/C20H32N2O4/c1-15-6-5-7-18(26-4)19(15)20(24)22-12-16(10-17(13-22)14-23)11-21(2)8-9-25-3/h5-7,16-17,23H,8-14H2,1-4H3/t16-,17+/m0/s1. The van der Waals surface area contributed by atoms with Gasteiger partial charge in [0.25, 0.3) is 5.91 Å². The quantitative estimate of drug-likeness (QED) is 0.760. The number of benzene rings is 1. The number of hydrogen-bond acceptors (Lipinski definition) is 5. The molecule has 0 aliphatic carbocycles. The van der Waals surface area contributed by atoms with Crippen LogP contribution in [-0.4, -0.2) is 81.5 Å². The second-order valence-corrected chi connectivity index (χ2v) is 7.27. The highest BCUT2D eigenvalue weighted by atomic mass is 16.5. The van der Waals surface area contributed by atoms with Gasteiger partial charge < -0.3 is 24.4 Å². The smallest absolute Gasteiger partial charge is 0.257 e. The van der Waals surface area contributed by atoms with Gasteiger partial charge >= 0.3 is 0 Å². The van der Waals surface area contributed by atoms with E-state index < -0.39 is 0 Å². The van der Waals surface area contributed by atoms with Crippen LogP contribution in [0.5, 0.6) is 5.75 Å². The summed E-state index contributed by atoms with van der Waals surface area (Å²) < 4.78 is 10.5. The number of likely N-dealkylation sites (tertiary alicyclic amines) is 1. The Labute approximate surface area is 156 Å². The summed E-state index contributed by atoms with van der Waals surface area (Å²) >= 11 is 0. The first kappa shape index (κ1) is 20.7. The number of aliphatic hydroxyl groups excluding tert-OH is 1. The zero-order valence-corrected chi connectivity index (χ0v) is 16.4. The van der Waals surface area contributed by atoms with E-state index >= 15 is 0 Å². The van der Waals surface area contributed by atoms with E-state index in [-0.39, 0.29) is 18.4 Å². The van der Waals surface area contributed by atoms with Crippen molar-refractivity contribution in [3.8, 4) is 5.75 Å². The fourth-order valence-electron chi connectivity index (χ4n) is 3.77. The van der Waals surface area contributed by atoms with Crippen molar-refractivity contribution in [3.63, 3.8) is 0 Å². The molecule has 1 aliphatic heterocycles. The van der Waals surface area contributed by atoms with E-state index in [0.29, 0.717) is 36.9 Å². The van der Waals surface area contributed by atoms with Crippen molar-refractivity contribution in [2.75, 3.05) is 60.7 Å². The minimum Gasteiger partial charge on any atom is -0.496 e. The van der Waals surface area contributed by atoms with Gasteiger partial charge in [0.1, 0.15) is 5.75 Å². The summed E-state index contributed by atoms with van der Waals surface area (Å²) in [5.41, 5.74) is 1.54. The maximum atomic E-state index is 13.2. The summed E-state index contributed by atoms with van der Waals surface area (Å²) in [6, 6.07) is 5.65. The molecule has 2 rings (SSSR count). The molecule has 0 saturated carbocycles. The van der Waals surface area contributed by atoms with Gasteiger partial charge in [0, 0.05) is 39.9 Å². The highest BCUT2D eigenvalue weighted by molar-refractivity contribution is 5.98. The van der Waals surface area contributed by atoms with E-state index in [1.807, 2.05) is 30.0 Å². The number of hydrogen-bond donors (Lipinski definition) is 1. The first-order valence-electron chi connectivity index (χ1n) is 9.21. The molecule has 1 aromatic rings. The molecular weight excluding hydrogens is 332 g/mol. The van der Waals surface area contributed by atoms with Crippen LogP contribution >= 0.6 is 0 Å². The molecule has 0 aromatic heterocycles. The first-order valence-corrected chi connectivity index (χ1v) is 9.21. The van der Waals surface area contributed by atoms with Crippen molar-refractivity contribution < 1.29 is 19.4 Å². The lowest BCUT2D eigenvalue weighted by molar-refractivity contribution is 0.0447. The highest BCUT2D eigenvalue weighted by Gasteiger charge is 2.32. The van der Waals surface area contributed by atoms with Crippen molar-refractivity contribution in [3.05, 3.63) is 29.3 Å². The second kappa shape index (κ2) is 9.90. The summed E-state index contributed by atoms with van der Waals surface area (Å²) in [6.45, 7) is 5.75. The van der Waals surface area contributed by atoms with Crippen molar-refractivity contribution in [2.45, 2.75) is 13.3 Å². The molecule has 0 bridgehead atoms. The SMILES string of the molecule is COCCN(C)C[C@@H]1C[C@@H](CO)CN(C(=O)c2c(C)cccc2OC)C1. The van der Waals surface area contributed by atoms with Crippen LogP contribution in [0.1, 0.15) is 22.3 Å². The minimum atomic E-state index is -0.0114. The van der Waals surface area contributed by atoms with Gasteiger partial charge in [-0.3, -0.25) is 4.79 Å². The van der Waals surface area contributed by atoms with Crippen LogP contribution in [0.25, 0.3) is 0 Å². The molecule has 1 heterocycles. The van der Waals surface area contributed by atoms with Crippen LogP contribution in [0.4, 0.5) is 0 Å². The van der Waals surface area contributed by atoms with Gasteiger partial charge in [-0.05, 0) is 43.9 Å². The number of ether oxygens (including phenoxy) is 2. The zero-order chi connectivity index (χ0) is 19.1. The molecule has 1 amide bonds. The Hall–Kier alpha value is -1.63. The average Bonchev–Trinajstić information content (AvgIpc) is 2.65. The molecule has 1 N–H and O–H groups in total. The Morgan fingerprint density at radius 2 is 2.04 bits per heavy atom. The van der Waals surface area contributed by atoms with E-state index in [2.05, 4.69) is 11.9 Å². The van der Waals surface area contributed by atoms with Crippen LogP contribution in [0.15, 0.2) is 18.2 Å². The summed E-state index contributed by atoms with van der Waals surface area (Å²) in [7, 11) is 5.36. The third-order valence-corrected chi connectivity index (χ3v) is 5.08. The van der Waals surface area contributed by atoms with Crippen LogP contribution < -0.4 is 4.74 Å². The number of nitrogens with zero attached hydrogens (tertiary/aromatic N) is 2. The predicted molar refractivity (Wildman–Crippen MR) is 102 cm³/mol. The third-order valence-electron chi connectivity index (χ3n) is 5.08. The van der Waals surface area contributed by atoms with E-state index in [0.717, 1.165) is 25.1 Å². The van der Waals surface area contributed by atoms with Gasteiger partial charge in [-0.2, -0.15) is 0 Å². The minimum absolute atomic E-state index is 0.0114. The lowest BCUT2D eigenvalue weighted by Gasteiger charge is -2.39. The van der Waals surface area contributed by atoms with Crippen molar-refractivity contribution in [1.82, 2.24) is 9.80 Å². The van der Waals surface area contributed by atoms with Gasteiger partial charge in [-0.15, -0.1) is 0 Å². The Balaban J connectivity index is 2.13. The number of aryl methyl sites for hydroxylation is 1. The second-order valence-electron chi connectivity index (χ2n) is 7.27. The summed E-state index contributed by atoms with van der Waals surface area (Å²) in [6.07, 6.45) is 0.933. The number of rotatable bonds is 8. The molecule has 6 nitrogen and oxygen atoms in total. The van der Waals surface area contributed by atoms with Gasteiger partial charge in [-0.25, -0.2) is 0 Å². The number of carbonyl (C=O) groups excluding carboxylic acids is 1. The molecule has 1 aromatic carbocycles. The number of likely N-dealkylation sites (N-methyl/N-ethyl adjacent to an activating group) is 1. The molecule has 1 fully saturated rings. The van der Waals surface area contributed by atoms with Crippen LogP contribution in [-0.2, 0) is 4.74 Å². The molecule has 2 atom stereocenters. The maximum Gasteiger partial charge on any atom is 0.257 e. The van der Waals surface area contributed by atoms with Gasteiger partial charge in [0.15, 0.2) is 0 Å². The van der Waals surface area contributed by atoms with Crippen LogP contribution in [0, 0.1) is 18.8 Å². The molecule has 0 unspecified atom stereocenters. The number of amides is 1. The van der Waals surface area contributed by atoms with Gasteiger partial charge in [0.05, 0.1) is 19.3 Å². The van der Waals surface area contributed by atoms with Gasteiger partial charge in [-0.1, -0.05) is 12.1 Å². The van der Waals surface area contributed by atoms with Crippen molar-refractivity contribution >= 4 is 5.91 Å². The van der Waals surface area contributed by atoms with Crippen molar-refractivity contribution in [1.29, 1.82) is 0 Å². The Bertz CT molecular complexity index is 593. The summed E-state index contributed by atoms with van der Waals surface area (Å²) in [5.74, 6) is 1.04. The molecular formula is C20H32N2O4. The Morgan fingerprint density at radius 1 is 1.31 bits per heavy atom. The first-order chi connectivity index (χ1) is 12.5. The molecule has 146 valence electrons. The third kappa shape index (κ3) is 5.19. The number of methoxy groups -OCH3 is 2. The monoisotopic (exact) mass is 364 g/mol. The highest BCUT2D eigenvalue weighted by Crippen LogP contribution is 2.28. The van der Waals surface area contributed by atoms with E-state index in [4.69, 9.17) is 9.47 Å². The molecule has 0 spiro atoms.